The average Bonchev–Trinajstić information content (AvgIpc) is 2.63. The van der Waals surface area contributed by atoms with Gasteiger partial charge in [-0.2, -0.15) is 0 Å². The molecule has 0 bridgehead atoms. The van der Waals surface area contributed by atoms with Crippen LogP contribution >= 0.6 is 11.6 Å². The van der Waals surface area contributed by atoms with Crippen LogP contribution in [0.15, 0.2) is 24.5 Å². The van der Waals surface area contributed by atoms with Gasteiger partial charge in [-0.15, -0.1) is 0 Å². The summed E-state index contributed by atoms with van der Waals surface area (Å²) in [7, 11) is 0. The third-order valence-electron chi connectivity index (χ3n) is 4.25. The Labute approximate surface area is 156 Å². The van der Waals surface area contributed by atoms with Crippen LogP contribution in [0.5, 0.6) is 5.75 Å². The maximum absolute atomic E-state index is 6.00. The summed E-state index contributed by atoms with van der Waals surface area (Å²) >= 11 is 6.00. The number of nitrogens with zero attached hydrogens (tertiary/aromatic N) is 2. The first-order valence-corrected chi connectivity index (χ1v) is 9.49. The van der Waals surface area contributed by atoms with Crippen LogP contribution < -0.4 is 10.1 Å². The van der Waals surface area contributed by atoms with Gasteiger partial charge in [-0.25, -0.2) is 9.97 Å². The zero-order chi connectivity index (χ0) is 18.1. The average molecular weight is 362 g/mol. The zero-order valence-corrected chi connectivity index (χ0v) is 16.2. The Hall–Kier alpha value is -1.81. The van der Waals surface area contributed by atoms with Crippen molar-refractivity contribution in [3.63, 3.8) is 0 Å². The summed E-state index contributed by atoms with van der Waals surface area (Å²) in [5, 5.41) is 3.72. The summed E-state index contributed by atoms with van der Waals surface area (Å²) in [6.45, 7) is 7.54. The summed E-state index contributed by atoms with van der Waals surface area (Å²) in [6, 6.07) is 6.58. The normalized spacial score (nSPS) is 10.7. The van der Waals surface area contributed by atoms with E-state index in [2.05, 4.69) is 47.3 Å². The van der Waals surface area contributed by atoms with Gasteiger partial charge < -0.3 is 10.1 Å². The van der Waals surface area contributed by atoms with Crippen LogP contribution in [0, 0.1) is 6.92 Å². The number of ether oxygens (including phenoxy) is 1. The Morgan fingerprint density at radius 3 is 2.76 bits per heavy atom. The Kier molecular flexibility index (Phi) is 7.99. The lowest BCUT2D eigenvalue weighted by molar-refractivity contribution is 0.329. The molecule has 0 atom stereocenters. The van der Waals surface area contributed by atoms with Gasteiger partial charge in [0.15, 0.2) is 0 Å². The summed E-state index contributed by atoms with van der Waals surface area (Å²) in [5.74, 6) is 1.73. The van der Waals surface area contributed by atoms with E-state index >= 15 is 0 Å². The number of anilines is 1. The Morgan fingerprint density at radius 1 is 1.16 bits per heavy atom. The van der Waals surface area contributed by atoms with Crippen molar-refractivity contribution in [1.82, 2.24) is 9.97 Å². The summed E-state index contributed by atoms with van der Waals surface area (Å²) in [4.78, 5) is 8.16. The molecule has 25 heavy (non-hydrogen) atoms. The summed E-state index contributed by atoms with van der Waals surface area (Å²) in [5.41, 5.74) is 3.53. The monoisotopic (exact) mass is 361 g/mol. The SMILES string of the molecule is CCCCCc1ccc(OCCNc2ncnc(Cl)c2C)c(CC)c1. The van der Waals surface area contributed by atoms with E-state index in [9.17, 15) is 0 Å². The number of hydrogen-bond acceptors (Lipinski definition) is 4. The van der Waals surface area contributed by atoms with Gasteiger partial charge in [-0.3, -0.25) is 0 Å². The third kappa shape index (κ3) is 5.89. The highest BCUT2D eigenvalue weighted by Gasteiger charge is 2.06. The van der Waals surface area contributed by atoms with E-state index in [1.807, 2.05) is 6.92 Å². The molecule has 4 nitrogen and oxygen atoms in total. The molecule has 5 heteroatoms. The number of aryl methyl sites for hydroxylation is 2. The van der Waals surface area contributed by atoms with Crippen molar-refractivity contribution in [3.8, 4) is 5.75 Å². The molecule has 1 aromatic carbocycles. The van der Waals surface area contributed by atoms with Gasteiger partial charge in [0.1, 0.15) is 29.7 Å². The molecule has 0 saturated carbocycles. The van der Waals surface area contributed by atoms with Crippen molar-refractivity contribution in [2.45, 2.75) is 52.9 Å². The van der Waals surface area contributed by atoms with Gasteiger partial charge >= 0.3 is 0 Å². The minimum atomic E-state index is 0.477. The van der Waals surface area contributed by atoms with E-state index in [-0.39, 0.29) is 0 Å². The topological polar surface area (TPSA) is 47.0 Å². The maximum Gasteiger partial charge on any atom is 0.137 e. The molecular formula is C20H28ClN3O. The standard InChI is InChI=1S/C20H28ClN3O/c1-4-6-7-8-16-9-10-18(17(5-2)13-16)25-12-11-22-20-15(3)19(21)23-14-24-20/h9-10,13-14H,4-8,11-12H2,1-3H3,(H,22,23,24). The molecule has 0 aliphatic heterocycles. The lowest BCUT2D eigenvalue weighted by atomic mass is 10.0. The van der Waals surface area contributed by atoms with Crippen molar-refractivity contribution < 1.29 is 4.74 Å². The molecule has 0 saturated heterocycles. The van der Waals surface area contributed by atoms with E-state index in [0.717, 1.165) is 30.0 Å². The van der Waals surface area contributed by atoms with Crippen LogP contribution in [0.2, 0.25) is 5.15 Å². The first kappa shape index (κ1) is 19.5. The van der Waals surface area contributed by atoms with Crippen LogP contribution in [-0.4, -0.2) is 23.1 Å². The molecule has 0 aliphatic carbocycles. The lowest BCUT2D eigenvalue weighted by Gasteiger charge is -2.13. The number of hydrogen-bond donors (Lipinski definition) is 1. The fourth-order valence-electron chi connectivity index (χ4n) is 2.72. The van der Waals surface area contributed by atoms with Crippen molar-refractivity contribution in [2.75, 3.05) is 18.5 Å². The van der Waals surface area contributed by atoms with E-state index in [4.69, 9.17) is 16.3 Å². The second kappa shape index (κ2) is 10.2. The van der Waals surface area contributed by atoms with Crippen LogP contribution in [0.3, 0.4) is 0 Å². The van der Waals surface area contributed by atoms with Gasteiger partial charge in [0.25, 0.3) is 0 Å². The smallest absolute Gasteiger partial charge is 0.137 e. The van der Waals surface area contributed by atoms with Gasteiger partial charge in [0.2, 0.25) is 0 Å². The molecule has 0 amide bonds. The highest BCUT2D eigenvalue weighted by atomic mass is 35.5. The highest BCUT2D eigenvalue weighted by Crippen LogP contribution is 2.22. The molecule has 1 N–H and O–H groups in total. The first-order valence-electron chi connectivity index (χ1n) is 9.11. The highest BCUT2D eigenvalue weighted by molar-refractivity contribution is 6.30. The number of unbranched alkanes of at least 4 members (excludes halogenated alkanes) is 2. The van der Waals surface area contributed by atoms with Crippen LogP contribution in [0.25, 0.3) is 0 Å². The summed E-state index contributed by atoms with van der Waals surface area (Å²) in [6.07, 6.45) is 7.39. The zero-order valence-electron chi connectivity index (χ0n) is 15.4. The lowest BCUT2D eigenvalue weighted by Crippen LogP contribution is -2.14. The maximum atomic E-state index is 6.00. The van der Waals surface area contributed by atoms with Gasteiger partial charge in [-0.1, -0.05) is 50.4 Å². The fraction of sp³-hybridized carbons (Fsp3) is 0.500. The third-order valence-corrected chi connectivity index (χ3v) is 4.63. The Balaban J connectivity index is 1.86. The van der Waals surface area contributed by atoms with E-state index in [1.165, 1.54) is 36.7 Å². The van der Waals surface area contributed by atoms with Crippen molar-refractivity contribution in [2.24, 2.45) is 0 Å². The van der Waals surface area contributed by atoms with E-state index in [0.29, 0.717) is 18.3 Å². The molecule has 136 valence electrons. The van der Waals surface area contributed by atoms with Crippen molar-refractivity contribution in [3.05, 3.63) is 46.4 Å². The first-order chi connectivity index (χ1) is 12.2. The molecule has 0 radical (unpaired) electrons. The number of halogens is 1. The number of nitrogens with one attached hydrogen (secondary N) is 1. The second-order valence-corrected chi connectivity index (χ2v) is 6.52. The van der Waals surface area contributed by atoms with Crippen LogP contribution in [0.1, 0.15) is 49.8 Å². The number of benzene rings is 1. The molecule has 1 aromatic heterocycles. The second-order valence-electron chi connectivity index (χ2n) is 6.17. The van der Waals surface area contributed by atoms with Gasteiger partial charge in [0, 0.05) is 5.56 Å². The molecule has 2 rings (SSSR count). The van der Waals surface area contributed by atoms with E-state index < -0.39 is 0 Å². The van der Waals surface area contributed by atoms with Gasteiger partial charge in [-0.05, 0) is 43.4 Å². The Morgan fingerprint density at radius 2 is 2.00 bits per heavy atom. The molecular weight excluding hydrogens is 334 g/mol. The van der Waals surface area contributed by atoms with E-state index in [1.54, 1.807) is 0 Å². The summed E-state index contributed by atoms with van der Waals surface area (Å²) < 4.78 is 5.96. The van der Waals surface area contributed by atoms with Gasteiger partial charge in [0.05, 0.1) is 6.54 Å². The number of rotatable bonds is 10. The molecule has 0 unspecified atom stereocenters. The minimum Gasteiger partial charge on any atom is -0.491 e. The fourth-order valence-corrected chi connectivity index (χ4v) is 2.85. The minimum absolute atomic E-state index is 0.477. The molecule has 0 fully saturated rings. The molecule has 0 aliphatic rings. The predicted molar refractivity (Wildman–Crippen MR) is 105 cm³/mol. The molecule has 0 spiro atoms. The molecule has 2 aromatic rings. The largest absolute Gasteiger partial charge is 0.491 e. The van der Waals surface area contributed by atoms with Crippen molar-refractivity contribution in [1.29, 1.82) is 0 Å². The van der Waals surface area contributed by atoms with Crippen LogP contribution in [-0.2, 0) is 12.8 Å². The predicted octanol–water partition coefficient (Wildman–Crippen LogP) is 5.22. The molecule has 1 heterocycles. The van der Waals surface area contributed by atoms with Crippen molar-refractivity contribution >= 4 is 17.4 Å². The van der Waals surface area contributed by atoms with Crippen LogP contribution in [0.4, 0.5) is 5.82 Å². The Bertz CT molecular complexity index is 676. The number of aromatic nitrogens is 2. The quantitative estimate of drug-likeness (QED) is 0.465.